The summed E-state index contributed by atoms with van der Waals surface area (Å²) in [5.41, 5.74) is 5.56. The Balaban J connectivity index is 1.64. The van der Waals surface area contributed by atoms with Gasteiger partial charge in [-0.15, -0.1) is 0 Å². The molecule has 2 aromatic heterocycles. The summed E-state index contributed by atoms with van der Waals surface area (Å²) >= 11 is 0. The second-order valence-electron chi connectivity index (χ2n) is 7.18. The zero-order chi connectivity index (χ0) is 18.1. The molecule has 4 rings (SSSR count). The number of rotatable bonds is 6. The van der Waals surface area contributed by atoms with Crippen LogP contribution in [0.25, 0.3) is 11.0 Å². The van der Waals surface area contributed by atoms with Gasteiger partial charge in [0.25, 0.3) is 0 Å². The molecule has 2 N–H and O–H groups in total. The van der Waals surface area contributed by atoms with Gasteiger partial charge in [0.15, 0.2) is 0 Å². The Morgan fingerprint density at radius 1 is 1.19 bits per heavy atom. The molecule has 0 amide bonds. The van der Waals surface area contributed by atoms with E-state index in [9.17, 15) is 5.11 Å². The average molecular weight is 353 g/mol. The number of hydrogen-bond donors (Lipinski definition) is 2. The van der Waals surface area contributed by atoms with E-state index in [1.165, 1.54) is 36.8 Å². The highest BCUT2D eigenvalue weighted by molar-refractivity contribution is 5.78. The largest absolute Gasteiger partial charge is 0.394 e. The van der Waals surface area contributed by atoms with Crippen molar-refractivity contribution in [3.05, 3.63) is 41.2 Å². The topological polar surface area (TPSA) is 67.9 Å². The van der Waals surface area contributed by atoms with Gasteiger partial charge in [-0.25, -0.2) is 4.98 Å². The highest BCUT2D eigenvalue weighted by Gasteiger charge is 2.23. The van der Waals surface area contributed by atoms with Crippen molar-refractivity contribution in [2.45, 2.75) is 58.7 Å². The molecule has 0 atom stereocenters. The number of fused-ring (bicyclic) bond motifs is 1. The molecule has 2 heterocycles. The molecule has 1 saturated carbocycles. The van der Waals surface area contributed by atoms with Crippen LogP contribution in [0, 0.1) is 13.8 Å². The van der Waals surface area contributed by atoms with Crippen LogP contribution in [-0.4, -0.2) is 31.0 Å². The van der Waals surface area contributed by atoms with Crippen molar-refractivity contribution >= 4 is 17.0 Å². The minimum atomic E-state index is 0.103. The Bertz CT molecular complexity index is 904. The predicted octanol–water partition coefficient (Wildman–Crippen LogP) is 3.57. The fourth-order valence-corrected chi connectivity index (χ4v) is 4.17. The minimum Gasteiger partial charge on any atom is -0.394 e. The zero-order valence-corrected chi connectivity index (χ0v) is 15.6. The molecule has 0 spiro atoms. The van der Waals surface area contributed by atoms with Crippen molar-refractivity contribution in [1.82, 2.24) is 19.3 Å². The molecule has 0 bridgehead atoms. The van der Waals surface area contributed by atoms with E-state index in [-0.39, 0.29) is 6.61 Å². The molecule has 0 unspecified atom stereocenters. The summed E-state index contributed by atoms with van der Waals surface area (Å²) in [6, 6.07) is 8.92. The first-order valence-corrected chi connectivity index (χ1v) is 9.53. The van der Waals surface area contributed by atoms with Gasteiger partial charge in [0, 0.05) is 23.8 Å². The Hall–Kier alpha value is -2.34. The first-order valence-electron chi connectivity index (χ1n) is 9.53. The van der Waals surface area contributed by atoms with Gasteiger partial charge < -0.3 is 15.0 Å². The lowest BCUT2D eigenvalue weighted by molar-refractivity contribution is 0.268. The zero-order valence-electron chi connectivity index (χ0n) is 15.6. The highest BCUT2D eigenvalue weighted by Crippen LogP contribution is 2.35. The predicted molar refractivity (Wildman–Crippen MR) is 103 cm³/mol. The molecule has 0 aliphatic heterocycles. The number of hydrogen-bond acceptors (Lipinski definition) is 4. The summed E-state index contributed by atoms with van der Waals surface area (Å²) in [7, 11) is 0. The van der Waals surface area contributed by atoms with E-state index in [1.807, 2.05) is 17.7 Å². The van der Waals surface area contributed by atoms with Gasteiger partial charge in [-0.1, -0.05) is 25.0 Å². The molecular formula is C20H27N5O. The molecule has 1 fully saturated rings. The van der Waals surface area contributed by atoms with Crippen LogP contribution in [0.3, 0.4) is 0 Å². The standard InChI is InChI=1S/C20H27N5O/c1-14-17(15(2)24(23-14)11-12-26)13-21-20-22-18-9-5-6-10-19(18)25(20)16-7-3-4-8-16/h5-6,9-10,16,26H,3-4,7-8,11-13H2,1-2H3,(H,21,22). The molecule has 26 heavy (non-hydrogen) atoms. The van der Waals surface area contributed by atoms with Crippen molar-refractivity contribution in [3.63, 3.8) is 0 Å². The SMILES string of the molecule is Cc1nn(CCO)c(C)c1CNc1nc2ccccc2n1C1CCCC1. The summed E-state index contributed by atoms with van der Waals surface area (Å²) in [6.45, 7) is 5.42. The maximum absolute atomic E-state index is 9.20. The Kier molecular flexibility index (Phi) is 4.68. The fourth-order valence-electron chi connectivity index (χ4n) is 4.17. The fraction of sp³-hybridized carbons (Fsp3) is 0.500. The highest BCUT2D eigenvalue weighted by atomic mass is 16.3. The summed E-state index contributed by atoms with van der Waals surface area (Å²) in [5.74, 6) is 0.951. The normalized spacial score (nSPS) is 15.2. The number of aliphatic hydroxyl groups is 1. The van der Waals surface area contributed by atoms with E-state index in [0.29, 0.717) is 19.1 Å². The third-order valence-electron chi connectivity index (χ3n) is 5.55. The van der Waals surface area contributed by atoms with E-state index in [0.717, 1.165) is 22.9 Å². The number of aliphatic hydroxyl groups excluding tert-OH is 1. The van der Waals surface area contributed by atoms with E-state index in [4.69, 9.17) is 4.98 Å². The Morgan fingerprint density at radius 3 is 2.73 bits per heavy atom. The first kappa shape index (κ1) is 17.1. The van der Waals surface area contributed by atoms with Gasteiger partial charge in [-0.05, 0) is 38.8 Å². The number of aryl methyl sites for hydroxylation is 1. The molecule has 3 aromatic rings. The van der Waals surface area contributed by atoms with Crippen molar-refractivity contribution < 1.29 is 5.11 Å². The number of nitrogens with zero attached hydrogens (tertiary/aromatic N) is 4. The molecule has 6 nitrogen and oxygen atoms in total. The number of para-hydroxylation sites is 2. The monoisotopic (exact) mass is 353 g/mol. The van der Waals surface area contributed by atoms with E-state index < -0.39 is 0 Å². The second kappa shape index (κ2) is 7.11. The smallest absolute Gasteiger partial charge is 0.204 e. The van der Waals surface area contributed by atoms with E-state index in [2.05, 4.69) is 40.1 Å². The molecule has 1 aliphatic carbocycles. The maximum atomic E-state index is 9.20. The van der Waals surface area contributed by atoms with Crippen LogP contribution < -0.4 is 5.32 Å². The molecule has 138 valence electrons. The van der Waals surface area contributed by atoms with Crippen LogP contribution in [0.4, 0.5) is 5.95 Å². The minimum absolute atomic E-state index is 0.103. The van der Waals surface area contributed by atoms with Crippen LogP contribution in [0.5, 0.6) is 0 Å². The lowest BCUT2D eigenvalue weighted by atomic mass is 10.2. The van der Waals surface area contributed by atoms with Gasteiger partial charge in [-0.2, -0.15) is 5.10 Å². The quantitative estimate of drug-likeness (QED) is 0.711. The van der Waals surface area contributed by atoms with Crippen molar-refractivity contribution in [2.24, 2.45) is 0 Å². The summed E-state index contributed by atoms with van der Waals surface area (Å²) in [4.78, 5) is 4.86. The van der Waals surface area contributed by atoms with Gasteiger partial charge in [0.05, 0.1) is 29.9 Å². The van der Waals surface area contributed by atoms with Gasteiger partial charge in [0.2, 0.25) is 5.95 Å². The number of nitrogens with one attached hydrogen (secondary N) is 1. The average Bonchev–Trinajstić information content (AvgIpc) is 3.33. The van der Waals surface area contributed by atoms with Crippen molar-refractivity contribution in [2.75, 3.05) is 11.9 Å². The van der Waals surface area contributed by atoms with Crippen molar-refractivity contribution in [1.29, 1.82) is 0 Å². The molecule has 1 aliphatic rings. The molecular weight excluding hydrogens is 326 g/mol. The summed E-state index contributed by atoms with van der Waals surface area (Å²) < 4.78 is 4.28. The van der Waals surface area contributed by atoms with Crippen LogP contribution in [0.1, 0.15) is 48.7 Å². The van der Waals surface area contributed by atoms with Gasteiger partial charge in [-0.3, -0.25) is 4.68 Å². The van der Waals surface area contributed by atoms with Gasteiger partial charge >= 0.3 is 0 Å². The van der Waals surface area contributed by atoms with Crippen LogP contribution >= 0.6 is 0 Å². The van der Waals surface area contributed by atoms with Crippen molar-refractivity contribution in [3.8, 4) is 0 Å². The van der Waals surface area contributed by atoms with Crippen LogP contribution in [-0.2, 0) is 13.1 Å². The van der Waals surface area contributed by atoms with Gasteiger partial charge in [0.1, 0.15) is 0 Å². The van der Waals surface area contributed by atoms with Crippen LogP contribution in [0.15, 0.2) is 24.3 Å². The number of benzene rings is 1. The third-order valence-corrected chi connectivity index (χ3v) is 5.55. The summed E-state index contributed by atoms with van der Waals surface area (Å²) in [6.07, 6.45) is 5.04. The Morgan fingerprint density at radius 2 is 1.96 bits per heavy atom. The van der Waals surface area contributed by atoms with E-state index in [1.54, 1.807) is 0 Å². The third kappa shape index (κ3) is 2.98. The van der Waals surface area contributed by atoms with Crippen LogP contribution in [0.2, 0.25) is 0 Å². The van der Waals surface area contributed by atoms with E-state index >= 15 is 0 Å². The molecule has 0 saturated heterocycles. The number of anilines is 1. The maximum Gasteiger partial charge on any atom is 0.204 e. The molecule has 0 radical (unpaired) electrons. The second-order valence-corrected chi connectivity index (χ2v) is 7.18. The number of imidazole rings is 1. The lowest BCUT2D eigenvalue weighted by Crippen LogP contribution is -2.12. The summed E-state index contributed by atoms with van der Waals surface area (Å²) in [5, 5.41) is 17.3. The number of aromatic nitrogens is 4. The lowest BCUT2D eigenvalue weighted by Gasteiger charge is -2.17. The Labute approximate surface area is 153 Å². The molecule has 1 aromatic carbocycles. The molecule has 6 heteroatoms. The first-order chi connectivity index (χ1) is 12.7.